The van der Waals surface area contributed by atoms with E-state index in [2.05, 4.69) is 37.2 Å². The Kier molecular flexibility index (Phi) is 6.48. The van der Waals surface area contributed by atoms with Crippen molar-refractivity contribution in [3.05, 3.63) is 64.7 Å². The number of amides is 1. The Morgan fingerprint density at radius 2 is 2.03 bits per heavy atom. The second-order valence-corrected chi connectivity index (χ2v) is 7.82. The van der Waals surface area contributed by atoms with Crippen molar-refractivity contribution in [3.63, 3.8) is 0 Å². The van der Waals surface area contributed by atoms with Crippen molar-refractivity contribution in [2.75, 3.05) is 37.6 Å². The van der Waals surface area contributed by atoms with E-state index >= 15 is 0 Å². The topological polar surface area (TPSA) is 77.1 Å². The molecule has 162 valence electrons. The van der Waals surface area contributed by atoms with Crippen LogP contribution in [0.15, 0.2) is 42.7 Å². The molecule has 1 amide bonds. The van der Waals surface area contributed by atoms with Gasteiger partial charge in [0.25, 0.3) is 5.91 Å². The van der Waals surface area contributed by atoms with Crippen molar-refractivity contribution in [1.82, 2.24) is 25.4 Å². The number of piperazine rings is 1. The van der Waals surface area contributed by atoms with E-state index in [1.54, 1.807) is 12.3 Å². The third-order valence-corrected chi connectivity index (χ3v) is 5.79. The molecule has 0 bridgehead atoms. The second kappa shape index (κ2) is 9.45. The Hall–Kier alpha value is -2.97. The van der Waals surface area contributed by atoms with Gasteiger partial charge in [0, 0.05) is 44.5 Å². The zero-order valence-electron chi connectivity index (χ0n) is 17.2. The summed E-state index contributed by atoms with van der Waals surface area (Å²) in [5, 5.41) is 9.68. The highest BCUT2D eigenvalue weighted by molar-refractivity contribution is 6.31. The second-order valence-electron chi connectivity index (χ2n) is 7.41. The fourth-order valence-corrected chi connectivity index (χ4v) is 3.82. The van der Waals surface area contributed by atoms with Gasteiger partial charge in [-0.2, -0.15) is 5.10 Å². The molecule has 1 aliphatic rings. The maximum absolute atomic E-state index is 13.5. The number of rotatable bonds is 6. The molecule has 0 radical (unpaired) electrons. The quantitative estimate of drug-likeness (QED) is 0.612. The lowest BCUT2D eigenvalue weighted by Gasteiger charge is -2.34. The molecular formula is C22H24ClFN6O. The van der Waals surface area contributed by atoms with E-state index in [0.717, 1.165) is 44.1 Å². The molecule has 3 aromatic rings. The maximum Gasteiger partial charge on any atom is 0.255 e. The van der Waals surface area contributed by atoms with Gasteiger partial charge in [-0.25, -0.2) is 9.37 Å². The maximum atomic E-state index is 13.5. The van der Waals surface area contributed by atoms with Gasteiger partial charge in [0.2, 0.25) is 0 Å². The number of nitrogens with one attached hydrogen (secondary N) is 2. The average molecular weight is 443 g/mol. The summed E-state index contributed by atoms with van der Waals surface area (Å²) in [5.74, 6) is 0.132. The number of aromatic nitrogens is 3. The summed E-state index contributed by atoms with van der Waals surface area (Å²) in [7, 11) is 0. The predicted molar refractivity (Wildman–Crippen MR) is 119 cm³/mol. The van der Waals surface area contributed by atoms with Crippen molar-refractivity contribution in [2.45, 2.75) is 13.5 Å². The van der Waals surface area contributed by atoms with Crippen LogP contribution in [-0.2, 0) is 6.54 Å². The molecule has 3 heterocycles. The van der Waals surface area contributed by atoms with Gasteiger partial charge in [0.05, 0.1) is 22.5 Å². The molecule has 0 atom stereocenters. The van der Waals surface area contributed by atoms with Crippen molar-refractivity contribution in [1.29, 1.82) is 0 Å². The summed E-state index contributed by atoms with van der Waals surface area (Å²) in [6.45, 7) is 7.52. The molecule has 0 unspecified atom stereocenters. The molecule has 1 fully saturated rings. The highest BCUT2D eigenvalue weighted by atomic mass is 35.5. The summed E-state index contributed by atoms with van der Waals surface area (Å²) >= 11 is 5.88. The van der Waals surface area contributed by atoms with E-state index in [1.807, 2.05) is 12.1 Å². The number of nitrogens with zero attached hydrogens (tertiary/aromatic N) is 4. The first-order valence-electron chi connectivity index (χ1n) is 10.2. The van der Waals surface area contributed by atoms with Crippen LogP contribution in [0.3, 0.4) is 0 Å². The van der Waals surface area contributed by atoms with Crippen LogP contribution in [0.25, 0.3) is 11.3 Å². The van der Waals surface area contributed by atoms with Gasteiger partial charge in [-0.1, -0.05) is 18.5 Å². The highest BCUT2D eigenvalue weighted by Crippen LogP contribution is 2.26. The molecule has 0 aliphatic carbocycles. The van der Waals surface area contributed by atoms with Gasteiger partial charge in [-0.05, 0) is 42.4 Å². The number of pyridine rings is 1. The lowest BCUT2D eigenvalue weighted by atomic mass is 10.1. The fourth-order valence-electron chi connectivity index (χ4n) is 3.64. The van der Waals surface area contributed by atoms with E-state index in [9.17, 15) is 9.18 Å². The third kappa shape index (κ3) is 4.86. The van der Waals surface area contributed by atoms with Crippen molar-refractivity contribution in [2.24, 2.45) is 0 Å². The van der Waals surface area contributed by atoms with Crippen LogP contribution in [-0.4, -0.2) is 58.7 Å². The van der Waals surface area contributed by atoms with Crippen molar-refractivity contribution >= 4 is 23.3 Å². The van der Waals surface area contributed by atoms with Gasteiger partial charge >= 0.3 is 0 Å². The minimum atomic E-state index is -0.513. The van der Waals surface area contributed by atoms with E-state index in [1.165, 1.54) is 18.3 Å². The summed E-state index contributed by atoms with van der Waals surface area (Å²) < 4.78 is 13.5. The number of H-pyrrole nitrogens is 1. The van der Waals surface area contributed by atoms with Crippen LogP contribution < -0.4 is 10.2 Å². The molecule has 1 saturated heterocycles. The smallest absolute Gasteiger partial charge is 0.255 e. The Morgan fingerprint density at radius 3 is 2.77 bits per heavy atom. The van der Waals surface area contributed by atoms with Crippen molar-refractivity contribution in [3.8, 4) is 11.3 Å². The van der Waals surface area contributed by atoms with Gasteiger partial charge in [-0.3, -0.25) is 9.89 Å². The average Bonchev–Trinajstić information content (AvgIpc) is 3.30. The summed E-state index contributed by atoms with van der Waals surface area (Å²) in [6, 6.07) is 8.19. The first-order valence-corrected chi connectivity index (χ1v) is 10.6. The first kappa shape index (κ1) is 21.3. The number of hydrogen-bond acceptors (Lipinski definition) is 5. The number of likely N-dealkylation sites (N-methyl/N-ethyl adjacent to an activating group) is 1. The van der Waals surface area contributed by atoms with Crippen LogP contribution in [0.2, 0.25) is 5.02 Å². The minimum absolute atomic E-state index is 0.0115. The van der Waals surface area contributed by atoms with Gasteiger partial charge in [-0.15, -0.1) is 0 Å². The monoisotopic (exact) mass is 442 g/mol. The lowest BCUT2D eigenvalue weighted by Crippen LogP contribution is -2.46. The molecule has 0 saturated carbocycles. The molecule has 31 heavy (non-hydrogen) atoms. The number of aromatic amines is 1. The minimum Gasteiger partial charge on any atom is -0.354 e. The zero-order chi connectivity index (χ0) is 21.8. The molecule has 1 aliphatic heterocycles. The van der Waals surface area contributed by atoms with E-state index in [-0.39, 0.29) is 10.9 Å². The predicted octanol–water partition coefficient (Wildman–Crippen LogP) is 3.34. The Labute approximate surface area is 185 Å². The zero-order valence-corrected chi connectivity index (χ0v) is 18.0. The summed E-state index contributed by atoms with van der Waals surface area (Å²) in [5.41, 5.74) is 2.41. The molecule has 7 nitrogen and oxygen atoms in total. The third-order valence-electron chi connectivity index (χ3n) is 5.50. The number of halogens is 2. The molecule has 4 rings (SSSR count). The van der Waals surface area contributed by atoms with Crippen LogP contribution in [0, 0.1) is 5.82 Å². The molecule has 2 aromatic heterocycles. The largest absolute Gasteiger partial charge is 0.354 e. The molecular weight excluding hydrogens is 419 g/mol. The van der Waals surface area contributed by atoms with E-state index in [0.29, 0.717) is 23.4 Å². The standard InChI is InChI=1S/C22H24ClFN6O/c1-2-29-7-9-30(10-8-29)20-11-15(5-6-25-20)13-26-22(31)17-14-27-28-21(17)16-3-4-19(24)18(23)12-16/h3-6,11-12,14H,2,7-10,13H2,1H3,(H,26,31)(H,27,28). The van der Waals surface area contributed by atoms with Gasteiger partial charge < -0.3 is 15.1 Å². The number of carbonyl (C=O) groups excluding carboxylic acids is 1. The number of carbonyl (C=O) groups is 1. The van der Waals surface area contributed by atoms with E-state index < -0.39 is 5.82 Å². The summed E-state index contributed by atoms with van der Waals surface area (Å²) in [6.07, 6.45) is 3.22. The Balaban J connectivity index is 1.42. The SMILES string of the molecule is CCN1CCN(c2cc(CNC(=O)c3cn[nH]c3-c3ccc(F)c(Cl)c3)ccn2)CC1. The Morgan fingerprint density at radius 1 is 1.23 bits per heavy atom. The van der Waals surface area contributed by atoms with Gasteiger partial charge in [0.1, 0.15) is 11.6 Å². The van der Waals surface area contributed by atoms with Crippen LogP contribution >= 0.6 is 11.6 Å². The van der Waals surface area contributed by atoms with Crippen molar-refractivity contribution < 1.29 is 9.18 Å². The first-order chi connectivity index (χ1) is 15.0. The fraction of sp³-hybridized carbons (Fsp3) is 0.318. The number of benzene rings is 1. The number of hydrogen-bond donors (Lipinski definition) is 2. The molecule has 1 aromatic carbocycles. The summed E-state index contributed by atoms with van der Waals surface area (Å²) in [4.78, 5) is 21.9. The van der Waals surface area contributed by atoms with Crippen LogP contribution in [0.4, 0.5) is 10.2 Å². The van der Waals surface area contributed by atoms with E-state index in [4.69, 9.17) is 11.6 Å². The lowest BCUT2D eigenvalue weighted by molar-refractivity contribution is 0.0951. The number of anilines is 1. The van der Waals surface area contributed by atoms with Crippen LogP contribution in [0.5, 0.6) is 0 Å². The molecule has 2 N–H and O–H groups in total. The highest BCUT2D eigenvalue weighted by Gasteiger charge is 2.18. The van der Waals surface area contributed by atoms with Crippen LogP contribution in [0.1, 0.15) is 22.8 Å². The molecule has 9 heteroatoms. The molecule has 0 spiro atoms. The van der Waals surface area contributed by atoms with Gasteiger partial charge in [0.15, 0.2) is 0 Å². The normalized spacial score (nSPS) is 14.6. The Bertz CT molecular complexity index is 1060.